The normalized spacial score (nSPS) is 22.4. The predicted octanol–water partition coefficient (Wildman–Crippen LogP) is 1.34. The van der Waals surface area contributed by atoms with Crippen molar-refractivity contribution in [3.8, 4) is 0 Å². The summed E-state index contributed by atoms with van der Waals surface area (Å²) in [6.07, 6.45) is 2.81. The third-order valence-corrected chi connectivity index (χ3v) is 2.44. The molecule has 1 saturated heterocycles. The van der Waals surface area contributed by atoms with Crippen LogP contribution in [0.5, 0.6) is 0 Å². The molecule has 0 aromatic rings. The number of nitrogens with zero attached hydrogens (tertiary/aromatic N) is 1. The molecule has 0 N–H and O–H groups in total. The second-order valence-electron chi connectivity index (χ2n) is 2.97. The van der Waals surface area contributed by atoms with Crippen molar-refractivity contribution in [1.29, 1.82) is 0 Å². The largest absolute Gasteiger partial charge is 0.381 e. The Bertz CT molecular complexity index is 102. The minimum Gasteiger partial charge on any atom is -0.381 e. The fraction of sp³-hybridized carbons (Fsp3) is 1.00. The molecule has 66 valence electrons. The van der Waals surface area contributed by atoms with Crippen molar-refractivity contribution >= 4 is 11.6 Å². The molecule has 2 nitrogen and oxygen atoms in total. The van der Waals surface area contributed by atoms with E-state index in [1.807, 2.05) is 0 Å². The van der Waals surface area contributed by atoms with E-state index >= 15 is 0 Å². The summed E-state index contributed by atoms with van der Waals surface area (Å²) in [5, 5.41) is 0. The summed E-state index contributed by atoms with van der Waals surface area (Å²) in [4.78, 5) is 2.39. The van der Waals surface area contributed by atoms with E-state index in [1.54, 1.807) is 7.11 Å². The first-order valence-corrected chi connectivity index (χ1v) is 4.71. The van der Waals surface area contributed by atoms with Crippen LogP contribution in [-0.2, 0) is 4.74 Å². The van der Waals surface area contributed by atoms with E-state index in [4.69, 9.17) is 16.3 Å². The summed E-state index contributed by atoms with van der Waals surface area (Å²) in [5.74, 6) is 0.748. The molecule has 3 heteroatoms. The third kappa shape index (κ3) is 2.97. The summed E-state index contributed by atoms with van der Waals surface area (Å²) in [5.41, 5.74) is 0. The second-order valence-corrected chi connectivity index (χ2v) is 3.34. The Labute approximate surface area is 73.5 Å². The Morgan fingerprint density at radius 3 is 2.55 bits per heavy atom. The molecule has 0 spiro atoms. The summed E-state index contributed by atoms with van der Waals surface area (Å²) in [6.45, 7) is 3.31. The van der Waals surface area contributed by atoms with Gasteiger partial charge in [0.2, 0.25) is 0 Å². The Balaban J connectivity index is 2.14. The number of alkyl halides is 1. The zero-order chi connectivity index (χ0) is 8.10. The van der Waals surface area contributed by atoms with E-state index in [1.165, 1.54) is 0 Å². The minimum atomic E-state index is 0.488. The van der Waals surface area contributed by atoms with Gasteiger partial charge in [0.1, 0.15) is 0 Å². The molecule has 1 aliphatic rings. The molecule has 0 atom stereocenters. The van der Waals surface area contributed by atoms with Crippen LogP contribution in [0.4, 0.5) is 0 Å². The van der Waals surface area contributed by atoms with Crippen molar-refractivity contribution in [2.45, 2.75) is 18.9 Å². The smallest absolute Gasteiger partial charge is 0.0595 e. The highest BCUT2D eigenvalue weighted by molar-refractivity contribution is 6.18. The van der Waals surface area contributed by atoms with E-state index in [0.717, 1.165) is 38.4 Å². The second kappa shape index (κ2) is 4.96. The Morgan fingerprint density at radius 2 is 2.09 bits per heavy atom. The van der Waals surface area contributed by atoms with Gasteiger partial charge in [0, 0.05) is 32.6 Å². The average molecular weight is 178 g/mol. The molecular formula is C8H16ClNO. The predicted molar refractivity (Wildman–Crippen MR) is 47.2 cm³/mol. The first kappa shape index (κ1) is 9.30. The number of rotatable bonds is 3. The van der Waals surface area contributed by atoms with E-state index in [9.17, 15) is 0 Å². The molecule has 0 bridgehead atoms. The lowest BCUT2D eigenvalue weighted by atomic mass is 10.1. The molecule has 0 unspecified atom stereocenters. The van der Waals surface area contributed by atoms with Gasteiger partial charge < -0.3 is 9.64 Å². The maximum atomic E-state index is 5.63. The van der Waals surface area contributed by atoms with Crippen LogP contribution in [0.1, 0.15) is 12.8 Å². The maximum absolute atomic E-state index is 5.63. The van der Waals surface area contributed by atoms with Crippen LogP contribution in [0.3, 0.4) is 0 Å². The van der Waals surface area contributed by atoms with Crippen molar-refractivity contribution in [3.63, 3.8) is 0 Å². The monoisotopic (exact) mass is 177 g/mol. The van der Waals surface area contributed by atoms with Crippen LogP contribution in [0.2, 0.25) is 0 Å². The first-order valence-electron chi connectivity index (χ1n) is 4.18. The molecule has 1 fully saturated rings. The zero-order valence-electron chi connectivity index (χ0n) is 7.05. The van der Waals surface area contributed by atoms with Crippen LogP contribution in [0.25, 0.3) is 0 Å². The lowest BCUT2D eigenvalue weighted by Gasteiger charge is -2.30. The number of hydrogen-bond acceptors (Lipinski definition) is 2. The fourth-order valence-electron chi connectivity index (χ4n) is 1.49. The summed E-state index contributed by atoms with van der Waals surface area (Å²) >= 11 is 5.63. The highest BCUT2D eigenvalue weighted by atomic mass is 35.5. The van der Waals surface area contributed by atoms with Crippen molar-refractivity contribution in [3.05, 3.63) is 0 Å². The summed E-state index contributed by atoms with van der Waals surface area (Å²) in [6, 6.07) is 0. The highest BCUT2D eigenvalue weighted by Gasteiger charge is 2.17. The molecule has 1 heterocycles. The molecule has 0 aromatic carbocycles. The van der Waals surface area contributed by atoms with Gasteiger partial charge in [-0.25, -0.2) is 0 Å². The lowest BCUT2D eigenvalue weighted by molar-refractivity contribution is 0.0429. The van der Waals surface area contributed by atoms with E-state index in [2.05, 4.69) is 4.90 Å². The Kier molecular flexibility index (Phi) is 4.20. The van der Waals surface area contributed by atoms with Crippen molar-refractivity contribution in [2.75, 3.05) is 32.6 Å². The van der Waals surface area contributed by atoms with Crippen LogP contribution in [0, 0.1) is 0 Å². The van der Waals surface area contributed by atoms with Crippen molar-refractivity contribution in [2.24, 2.45) is 0 Å². The van der Waals surface area contributed by atoms with Gasteiger partial charge in [-0.05, 0) is 12.8 Å². The first-order chi connectivity index (χ1) is 5.36. The van der Waals surface area contributed by atoms with Gasteiger partial charge in [0.15, 0.2) is 0 Å². The molecule has 0 radical (unpaired) electrons. The number of piperidine rings is 1. The Morgan fingerprint density at radius 1 is 1.45 bits per heavy atom. The van der Waals surface area contributed by atoms with Gasteiger partial charge in [-0.1, -0.05) is 0 Å². The molecule has 0 aliphatic carbocycles. The molecule has 0 aromatic heterocycles. The number of likely N-dealkylation sites (tertiary alicyclic amines) is 1. The molecule has 11 heavy (non-hydrogen) atoms. The average Bonchev–Trinajstić information content (AvgIpc) is 2.07. The minimum absolute atomic E-state index is 0.488. The van der Waals surface area contributed by atoms with E-state index in [-0.39, 0.29) is 0 Å². The number of hydrogen-bond donors (Lipinski definition) is 0. The molecule has 0 amide bonds. The summed E-state index contributed by atoms with van der Waals surface area (Å²) in [7, 11) is 1.79. The SMILES string of the molecule is COC1CCN(CCCl)CC1. The van der Waals surface area contributed by atoms with Crippen LogP contribution in [-0.4, -0.2) is 43.6 Å². The molecule has 0 saturated carbocycles. The van der Waals surface area contributed by atoms with Crippen LogP contribution in [0.15, 0.2) is 0 Å². The van der Waals surface area contributed by atoms with Crippen molar-refractivity contribution < 1.29 is 4.74 Å². The molecule has 1 rings (SSSR count). The van der Waals surface area contributed by atoms with Gasteiger partial charge in [0.05, 0.1) is 6.10 Å². The maximum Gasteiger partial charge on any atom is 0.0595 e. The van der Waals surface area contributed by atoms with E-state index < -0.39 is 0 Å². The number of halogens is 1. The lowest BCUT2D eigenvalue weighted by Crippen LogP contribution is -2.37. The van der Waals surface area contributed by atoms with Crippen molar-refractivity contribution in [1.82, 2.24) is 4.90 Å². The zero-order valence-corrected chi connectivity index (χ0v) is 7.81. The standard InChI is InChI=1S/C8H16ClNO/c1-11-8-2-5-10(6-3-8)7-4-9/h8H,2-7H2,1H3. The van der Waals surface area contributed by atoms with Crippen LogP contribution >= 0.6 is 11.6 Å². The molecule has 1 aliphatic heterocycles. The van der Waals surface area contributed by atoms with Gasteiger partial charge in [-0.3, -0.25) is 0 Å². The number of ether oxygens (including phenoxy) is 1. The van der Waals surface area contributed by atoms with Gasteiger partial charge >= 0.3 is 0 Å². The number of methoxy groups -OCH3 is 1. The van der Waals surface area contributed by atoms with Gasteiger partial charge in [0.25, 0.3) is 0 Å². The topological polar surface area (TPSA) is 12.5 Å². The summed E-state index contributed by atoms with van der Waals surface area (Å²) < 4.78 is 5.26. The fourth-order valence-corrected chi connectivity index (χ4v) is 1.73. The third-order valence-electron chi connectivity index (χ3n) is 2.27. The van der Waals surface area contributed by atoms with E-state index in [0.29, 0.717) is 6.10 Å². The van der Waals surface area contributed by atoms with Gasteiger partial charge in [-0.15, -0.1) is 11.6 Å². The highest BCUT2D eigenvalue weighted by Crippen LogP contribution is 2.12. The van der Waals surface area contributed by atoms with Gasteiger partial charge in [-0.2, -0.15) is 0 Å². The molecular weight excluding hydrogens is 162 g/mol. The van der Waals surface area contributed by atoms with Crippen LogP contribution < -0.4 is 0 Å². The Hall–Kier alpha value is 0.210. The quantitative estimate of drug-likeness (QED) is 0.604.